The number of pyridine rings is 1. The quantitative estimate of drug-likeness (QED) is 0.758. The summed E-state index contributed by atoms with van der Waals surface area (Å²) >= 11 is 0. The molecule has 0 spiro atoms. The van der Waals surface area contributed by atoms with Gasteiger partial charge in [0.25, 0.3) is 5.91 Å². The highest BCUT2D eigenvalue weighted by atomic mass is 16.5. The second kappa shape index (κ2) is 10.2. The minimum Gasteiger partial charge on any atom is -0.384 e. The maximum atomic E-state index is 12.9. The van der Waals surface area contributed by atoms with E-state index in [9.17, 15) is 4.79 Å². The third kappa shape index (κ3) is 5.26. The number of carbonyl (C=O) groups is 1. The Morgan fingerprint density at radius 1 is 1.23 bits per heavy atom. The van der Waals surface area contributed by atoms with Gasteiger partial charge in [0.1, 0.15) is 0 Å². The summed E-state index contributed by atoms with van der Waals surface area (Å²) in [5.74, 6) is 1.84. The summed E-state index contributed by atoms with van der Waals surface area (Å²) in [5, 5.41) is 7.49. The van der Waals surface area contributed by atoms with E-state index in [0.717, 1.165) is 32.7 Å². The molecule has 1 saturated carbocycles. The Bertz CT molecular complexity index is 790. The van der Waals surface area contributed by atoms with Crippen molar-refractivity contribution in [3.8, 4) is 5.82 Å². The standard InChI is InChI=1S/C23H33N5O2/c1-30-17-18-6-4-12-27(15-18)16-20-7-2-3-8-21(20)26-23(29)19-9-10-22(24-14-19)28-13-5-11-25-28/h5,9-11,13-14,18,20-21H,2-4,6-8,12,15-17H2,1H3,(H,26,29). The average Bonchev–Trinajstić information content (AvgIpc) is 3.31. The van der Waals surface area contributed by atoms with Crippen molar-refractivity contribution in [1.29, 1.82) is 0 Å². The molecular weight excluding hydrogens is 378 g/mol. The molecule has 1 aliphatic heterocycles. The number of rotatable bonds is 7. The van der Waals surface area contributed by atoms with Crippen LogP contribution in [-0.2, 0) is 4.74 Å². The van der Waals surface area contributed by atoms with Crippen molar-refractivity contribution in [2.24, 2.45) is 11.8 Å². The lowest BCUT2D eigenvalue weighted by molar-refractivity contribution is 0.0697. The third-order valence-corrected chi connectivity index (χ3v) is 6.47. The molecule has 7 nitrogen and oxygen atoms in total. The SMILES string of the molecule is COCC1CCCN(CC2CCCCC2NC(=O)c2ccc(-n3cccn3)nc2)C1. The van der Waals surface area contributed by atoms with E-state index in [0.29, 0.717) is 23.2 Å². The lowest BCUT2D eigenvalue weighted by Crippen LogP contribution is -2.48. The normalized spacial score (nSPS) is 25.2. The van der Waals surface area contributed by atoms with Gasteiger partial charge in [-0.15, -0.1) is 0 Å². The van der Waals surface area contributed by atoms with Crippen molar-refractivity contribution >= 4 is 5.91 Å². The summed E-state index contributed by atoms with van der Waals surface area (Å²) in [6.07, 6.45) is 12.4. The summed E-state index contributed by atoms with van der Waals surface area (Å²) in [4.78, 5) is 19.9. The second-order valence-corrected chi connectivity index (χ2v) is 8.70. The van der Waals surface area contributed by atoms with Gasteiger partial charge in [0.15, 0.2) is 5.82 Å². The van der Waals surface area contributed by atoms with E-state index in [1.807, 2.05) is 24.4 Å². The summed E-state index contributed by atoms with van der Waals surface area (Å²) < 4.78 is 7.07. The molecule has 1 amide bonds. The zero-order valence-electron chi connectivity index (χ0n) is 17.9. The number of hydrogen-bond acceptors (Lipinski definition) is 5. The van der Waals surface area contributed by atoms with Crippen molar-refractivity contribution in [3.05, 3.63) is 42.4 Å². The fourth-order valence-electron chi connectivity index (χ4n) is 4.95. The number of piperidine rings is 1. The van der Waals surface area contributed by atoms with Crippen LogP contribution in [0.3, 0.4) is 0 Å². The van der Waals surface area contributed by atoms with Gasteiger partial charge in [0.2, 0.25) is 0 Å². The number of nitrogens with zero attached hydrogens (tertiary/aromatic N) is 4. The van der Waals surface area contributed by atoms with Gasteiger partial charge in [-0.25, -0.2) is 9.67 Å². The molecule has 0 aromatic carbocycles. The van der Waals surface area contributed by atoms with Crippen LogP contribution in [0, 0.1) is 11.8 Å². The molecule has 2 aliphatic rings. The molecule has 30 heavy (non-hydrogen) atoms. The molecule has 0 radical (unpaired) electrons. The van der Waals surface area contributed by atoms with Crippen LogP contribution in [0.1, 0.15) is 48.9 Å². The highest BCUT2D eigenvalue weighted by Crippen LogP contribution is 2.27. The Kier molecular flexibility index (Phi) is 7.12. The van der Waals surface area contributed by atoms with Gasteiger partial charge in [-0.05, 0) is 62.3 Å². The fraction of sp³-hybridized carbons (Fsp3) is 0.609. The molecule has 2 fully saturated rings. The second-order valence-electron chi connectivity index (χ2n) is 8.70. The Labute approximate surface area is 178 Å². The van der Waals surface area contributed by atoms with Crippen molar-refractivity contribution in [2.45, 2.75) is 44.6 Å². The largest absolute Gasteiger partial charge is 0.384 e. The first-order chi connectivity index (χ1) is 14.7. The van der Waals surface area contributed by atoms with Crippen LogP contribution in [0.4, 0.5) is 0 Å². The number of methoxy groups -OCH3 is 1. The van der Waals surface area contributed by atoms with Gasteiger partial charge in [-0.3, -0.25) is 4.79 Å². The maximum Gasteiger partial charge on any atom is 0.253 e. The summed E-state index contributed by atoms with van der Waals surface area (Å²) in [5.41, 5.74) is 0.605. The lowest BCUT2D eigenvalue weighted by atomic mass is 9.83. The summed E-state index contributed by atoms with van der Waals surface area (Å²) in [6.45, 7) is 4.20. The van der Waals surface area contributed by atoms with Crippen molar-refractivity contribution in [2.75, 3.05) is 33.4 Å². The van der Waals surface area contributed by atoms with E-state index >= 15 is 0 Å². The van der Waals surface area contributed by atoms with Crippen LogP contribution >= 0.6 is 0 Å². The van der Waals surface area contributed by atoms with E-state index in [-0.39, 0.29) is 11.9 Å². The predicted molar refractivity (Wildman–Crippen MR) is 116 cm³/mol. The van der Waals surface area contributed by atoms with E-state index in [4.69, 9.17) is 4.74 Å². The molecule has 0 bridgehead atoms. The van der Waals surface area contributed by atoms with Crippen LogP contribution in [-0.4, -0.2) is 65.0 Å². The molecule has 4 rings (SSSR count). The maximum absolute atomic E-state index is 12.9. The fourth-order valence-corrected chi connectivity index (χ4v) is 4.95. The molecule has 2 aromatic rings. The molecule has 3 atom stereocenters. The summed E-state index contributed by atoms with van der Waals surface area (Å²) in [6, 6.07) is 5.76. The molecule has 1 N–H and O–H groups in total. The minimum atomic E-state index is -0.0256. The number of nitrogens with one attached hydrogen (secondary N) is 1. The van der Waals surface area contributed by atoms with Gasteiger partial charge in [0, 0.05) is 44.8 Å². The Morgan fingerprint density at radius 3 is 2.90 bits per heavy atom. The molecule has 7 heteroatoms. The number of carbonyl (C=O) groups excluding carboxylic acids is 1. The van der Waals surface area contributed by atoms with Crippen LogP contribution < -0.4 is 5.32 Å². The highest BCUT2D eigenvalue weighted by Gasteiger charge is 2.30. The molecule has 1 aliphatic carbocycles. The molecule has 2 aromatic heterocycles. The van der Waals surface area contributed by atoms with E-state index in [1.54, 1.807) is 24.2 Å². The highest BCUT2D eigenvalue weighted by molar-refractivity contribution is 5.94. The number of hydrogen-bond donors (Lipinski definition) is 1. The van der Waals surface area contributed by atoms with Crippen LogP contribution in [0.15, 0.2) is 36.8 Å². The minimum absolute atomic E-state index is 0.0256. The smallest absolute Gasteiger partial charge is 0.253 e. The zero-order valence-corrected chi connectivity index (χ0v) is 17.9. The lowest BCUT2D eigenvalue weighted by Gasteiger charge is -2.39. The van der Waals surface area contributed by atoms with Gasteiger partial charge < -0.3 is 15.0 Å². The van der Waals surface area contributed by atoms with Crippen molar-refractivity contribution in [1.82, 2.24) is 25.0 Å². The summed E-state index contributed by atoms with van der Waals surface area (Å²) in [7, 11) is 1.79. The zero-order chi connectivity index (χ0) is 20.8. The topological polar surface area (TPSA) is 72.3 Å². The Balaban J connectivity index is 1.35. The van der Waals surface area contributed by atoms with Crippen LogP contribution in [0.2, 0.25) is 0 Å². The Hall–Kier alpha value is -2.25. The number of aromatic nitrogens is 3. The molecular formula is C23H33N5O2. The first kappa shape index (κ1) is 21.0. The predicted octanol–water partition coefficient (Wildman–Crippen LogP) is 2.91. The van der Waals surface area contributed by atoms with E-state index in [1.165, 1.54) is 32.1 Å². The average molecular weight is 412 g/mol. The monoisotopic (exact) mass is 411 g/mol. The van der Waals surface area contributed by atoms with Gasteiger partial charge in [-0.2, -0.15) is 5.10 Å². The molecule has 3 unspecified atom stereocenters. The number of amides is 1. The molecule has 162 valence electrons. The number of ether oxygens (including phenoxy) is 1. The van der Waals surface area contributed by atoms with Gasteiger partial charge in [0.05, 0.1) is 12.2 Å². The molecule has 1 saturated heterocycles. The van der Waals surface area contributed by atoms with E-state index < -0.39 is 0 Å². The molecule has 3 heterocycles. The first-order valence-corrected chi connectivity index (χ1v) is 11.2. The Morgan fingerprint density at radius 2 is 2.13 bits per heavy atom. The van der Waals surface area contributed by atoms with Crippen LogP contribution in [0.5, 0.6) is 0 Å². The van der Waals surface area contributed by atoms with Crippen LogP contribution in [0.25, 0.3) is 5.82 Å². The third-order valence-electron chi connectivity index (χ3n) is 6.47. The van der Waals surface area contributed by atoms with E-state index in [2.05, 4.69) is 20.3 Å². The first-order valence-electron chi connectivity index (χ1n) is 11.2. The van der Waals surface area contributed by atoms with Gasteiger partial charge >= 0.3 is 0 Å². The van der Waals surface area contributed by atoms with Gasteiger partial charge in [-0.1, -0.05) is 12.8 Å². The van der Waals surface area contributed by atoms with Crippen molar-refractivity contribution in [3.63, 3.8) is 0 Å². The number of likely N-dealkylation sites (tertiary alicyclic amines) is 1. The van der Waals surface area contributed by atoms with Crippen molar-refractivity contribution < 1.29 is 9.53 Å².